The number of carbonyl (C=O) groups excluding carboxylic acids is 1. The van der Waals surface area contributed by atoms with Crippen molar-refractivity contribution in [2.45, 2.75) is 44.4 Å². The molecule has 1 amide bonds. The van der Waals surface area contributed by atoms with Crippen LogP contribution in [0.25, 0.3) is 0 Å². The third kappa shape index (κ3) is 4.15. The van der Waals surface area contributed by atoms with Crippen LogP contribution < -0.4 is 15.8 Å². The number of nitrogens with one attached hydrogen (secondary N) is 1. The topological polar surface area (TPSA) is 64.4 Å². The summed E-state index contributed by atoms with van der Waals surface area (Å²) in [6.07, 6.45) is 4.98. The third-order valence-corrected chi connectivity index (χ3v) is 4.46. The molecule has 3 N–H and O–H groups in total. The van der Waals surface area contributed by atoms with Crippen LogP contribution in [0.1, 0.15) is 42.9 Å². The number of hydrogen-bond acceptors (Lipinski definition) is 3. The molecule has 1 atom stereocenters. The summed E-state index contributed by atoms with van der Waals surface area (Å²) in [5.41, 5.74) is 7.82. The molecule has 126 valence electrons. The molecule has 4 nitrogen and oxygen atoms in total. The van der Waals surface area contributed by atoms with Crippen molar-refractivity contribution < 1.29 is 9.53 Å². The lowest BCUT2D eigenvalue weighted by atomic mass is 10.1. The van der Waals surface area contributed by atoms with Gasteiger partial charge in [0.2, 0.25) is 5.91 Å². The Morgan fingerprint density at radius 1 is 1.08 bits per heavy atom. The van der Waals surface area contributed by atoms with Gasteiger partial charge < -0.3 is 15.8 Å². The molecule has 3 rings (SSSR count). The zero-order valence-electron chi connectivity index (χ0n) is 13.8. The van der Waals surface area contributed by atoms with Gasteiger partial charge in [0.25, 0.3) is 0 Å². The molecule has 0 heterocycles. The summed E-state index contributed by atoms with van der Waals surface area (Å²) in [6, 6.07) is 16.6. The van der Waals surface area contributed by atoms with E-state index in [1.165, 1.54) is 12.8 Å². The number of nitrogens with two attached hydrogens (primary N) is 1. The van der Waals surface area contributed by atoms with E-state index in [0.717, 1.165) is 29.7 Å². The average molecular weight is 324 g/mol. The fourth-order valence-corrected chi connectivity index (χ4v) is 3.05. The van der Waals surface area contributed by atoms with Crippen molar-refractivity contribution in [3.63, 3.8) is 0 Å². The zero-order chi connectivity index (χ0) is 16.8. The van der Waals surface area contributed by atoms with Gasteiger partial charge in [-0.3, -0.25) is 4.79 Å². The average Bonchev–Trinajstić information content (AvgIpc) is 3.14. The van der Waals surface area contributed by atoms with E-state index in [1.54, 1.807) is 0 Å². The Labute approximate surface area is 143 Å². The van der Waals surface area contributed by atoms with E-state index in [0.29, 0.717) is 12.6 Å². The molecular weight excluding hydrogens is 300 g/mol. The summed E-state index contributed by atoms with van der Waals surface area (Å²) in [5, 5.41) is 2.92. The van der Waals surface area contributed by atoms with Crippen LogP contribution in [0.3, 0.4) is 0 Å². The lowest BCUT2D eigenvalue weighted by Gasteiger charge is -2.18. The Balaban J connectivity index is 1.60. The van der Waals surface area contributed by atoms with Gasteiger partial charge in [-0.1, -0.05) is 48.5 Å². The summed E-state index contributed by atoms with van der Waals surface area (Å²) in [7, 11) is 0. The second kappa shape index (κ2) is 7.97. The molecular formula is C20H24N2O2. The lowest BCUT2D eigenvalue weighted by molar-refractivity contribution is -0.122. The first-order valence-corrected chi connectivity index (χ1v) is 8.57. The smallest absolute Gasteiger partial charge is 0.241 e. The monoisotopic (exact) mass is 324 g/mol. The van der Waals surface area contributed by atoms with Crippen LogP contribution >= 0.6 is 0 Å². The van der Waals surface area contributed by atoms with E-state index in [2.05, 4.69) is 5.32 Å². The Kier molecular flexibility index (Phi) is 5.49. The van der Waals surface area contributed by atoms with E-state index in [1.807, 2.05) is 54.6 Å². The number of amides is 1. The number of ether oxygens (including phenoxy) is 1. The van der Waals surface area contributed by atoms with Crippen molar-refractivity contribution in [3.05, 3.63) is 65.7 Å². The Morgan fingerprint density at radius 3 is 2.50 bits per heavy atom. The van der Waals surface area contributed by atoms with Gasteiger partial charge in [0, 0.05) is 12.1 Å². The highest BCUT2D eigenvalue weighted by atomic mass is 16.5. The van der Waals surface area contributed by atoms with Gasteiger partial charge in [0.15, 0.2) is 0 Å². The molecule has 0 aromatic heterocycles. The maximum atomic E-state index is 12.3. The number of benzene rings is 2. The number of carbonyl (C=O) groups is 1. The van der Waals surface area contributed by atoms with Crippen molar-refractivity contribution in [2.24, 2.45) is 5.73 Å². The van der Waals surface area contributed by atoms with E-state index < -0.39 is 6.04 Å². The minimum absolute atomic E-state index is 0.183. The molecule has 0 spiro atoms. The minimum Gasteiger partial charge on any atom is -0.490 e. The van der Waals surface area contributed by atoms with Gasteiger partial charge in [-0.25, -0.2) is 0 Å². The third-order valence-electron chi connectivity index (χ3n) is 4.46. The molecule has 0 radical (unpaired) electrons. The van der Waals surface area contributed by atoms with Gasteiger partial charge in [0.05, 0.1) is 6.10 Å². The van der Waals surface area contributed by atoms with Crippen LogP contribution in [0.5, 0.6) is 5.75 Å². The van der Waals surface area contributed by atoms with Crippen LogP contribution in [-0.4, -0.2) is 12.0 Å². The summed E-state index contributed by atoms with van der Waals surface area (Å²) >= 11 is 0. The predicted octanol–water partition coefficient (Wildman–Crippen LogP) is 3.32. The molecule has 0 aliphatic heterocycles. The molecule has 0 saturated heterocycles. The normalized spacial score (nSPS) is 15.9. The van der Waals surface area contributed by atoms with Gasteiger partial charge >= 0.3 is 0 Å². The second-order valence-corrected chi connectivity index (χ2v) is 6.24. The van der Waals surface area contributed by atoms with E-state index in [4.69, 9.17) is 10.5 Å². The lowest BCUT2D eigenvalue weighted by Crippen LogP contribution is -2.33. The van der Waals surface area contributed by atoms with Crippen LogP contribution in [0.15, 0.2) is 54.6 Å². The van der Waals surface area contributed by atoms with Crippen LogP contribution in [-0.2, 0) is 11.3 Å². The molecule has 1 aliphatic rings. The molecule has 1 aliphatic carbocycles. The van der Waals surface area contributed by atoms with E-state index in [9.17, 15) is 4.79 Å². The standard InChI is InChI=1S/C20H24N2O2/c21-19(15-8-2-1-3-9-15)20(23)22-14-16-10-4-7-13-18(16)24-17-11-5-6-12-17/h1-4,7-10,13,17,19H,5-6,11-12,14,21H2,(H,22,23). The number of para-hydroxylation sites is 1. The quantitative estimate of drug-likeness (QED) is 0.856. The largest absolute Gasteiger partial charge is 0.490 e. The van der Waals surface area contributed by atoms with E-state index >= 15 is 0 Å². The summed E-state index contributed by atoms with van der Waals surface area (Å²) < 4.78 is 6.10. The fraction of sp³-hybridized carbons (Fsp3) is 0.350. The van der Waals surface area contributed by atoms with Crippen molar-refractivity contribution >= 4 is 5.91 Å². The van der Waals surface area contributed by atoms with Gasteiger partial charge in [-0.05, 0) is 37.3 Å². The fourth-order valence-electron chi connectivity index (χ4n) is 3.05. The maximum Gasteiger partial charge on any atom is 0.241 e. The molecule has 1 unspecified atom stereocenters. The van der Waals surface area contributed by atoms with Crippen LogP contribution in [0.2, 0.25) is 0 Å². The molecule has 4 heteroatoms. The first-order valence-electron chi connectivity index (χ1n) is 8.57. The number of hydrogen-bond donors (Lipinski definition) is 2. The summed E-state index contributed by atoms with van der Waals surface area (Å²) in [5.74, 6) is 0.676. The molecule has 1 fully saturated rings. The molecule has 2 aromatic carbocycles. The summed E-state index contributed by atoms with van der Waals surface area (Å²) in [6.45, 7) is 0.419. The van der Waals surface area contributed by atoms with Crippen molar-refractivity contribution in [1.82, 2.24) is 5.32 Å². The highest BCUT2D eigenvalue weighted by Gasteiger charge is 2.19. The van der Waals surface area contributed by atoms with Gasteiger partial charge in [0.1, 0.15) is 11.8 Å². The predicted molar refractivity (Wildman–Crippen MR) is 94.5 cm³/mol. The zero-order valence-corrected chi connectivity index (χ0v) is 13.8. The van der Waals surface area contributed by atoms with Crippen LogP contribution in [0, 0.1) is 0 Å². The van der Waals surface area contributed by atoms with Gasteiger partial charge in [-0.2, -0.15) is 0 Å². The number of rotatable bonds is 6. The Bertz CT molecular complexity index is 666. The molecule has 2 aromatic rings. The Morgan fingerprint density at radius 2 is 1.75 bits per heavy atom. The van der Waals surface area contributed by atoms with Gasteiger partial charge in [-0.15, -0.1) is 0 Å². The molecule has 24 heavy (non-hydrogen) atoms. The Hall–Kier alpha value is -2.33. The minimum atomic E-state index is -0.658. The summed E-state index contributed by atoms with van der Waals surface area (Å²) in [4.78, 5) is 12.3. The molecule has 0 bridgehead atoms. The first-order chi connectivity index (χ1) is 11.7. The van der Waals surface area contributed by atoms with Crippen LogP contribution in [0.4, 0.5) is 0 Å². The van der Waals surface area contributed by atoms with Crippen molar-refractivity contribution in [3.8, 4) is 5.75 Å². The highest BCUT2D eigenvalue weighted by Crippen LogP contribution is 2.26. The SMILES string of the molecule is NC(C(=O)NCc1ccccc1OC1CCCC1)c1ccccc1. The second-order valence-electron chi connectivity index (χ2n) is 6.24. The maximum absolute atomic E-state index is 12.3. The van der Waals surface area contributed by atoms with Crippen molar-refractivity contribution in [2.75, 3.05) is 0 Å². The van der Waals surface area contributed by atoms with Crippen molar-refractivity contribution in [1.29, 1.82) is 0 Å². The first kappa shape index (κ1) is 16.5. The molecule has 1 saturated carbocycles. The van der Waals surface area contributed by atoms with E-state index in [-0.39, 0.29) is 5.91 Å². The highest BCUT2D eigenvalue weighted by molar-refractivity contribution is 5.82.